The van der Waals surface area contributed by atoms with Crippen LogP contribution in [-0.2, 0) is 11.3 Å². The van der Waals surface area contributed by atoms with Crippen LogP contribution in [0.4, 0.5) is 0 Å². The molecule has 2 aromatic rings. The Balaban J connectivity index is 2.63. The van der Waals surface area contributed by atoms with Crippen molar-refractivity contribution in [3.8, 4) is 0 Å². The van der Waals surface area contributed by atoms with Crippen LogP contribution < -0.4 is 0 Å². The van der Waals surface area contributed by atoms with E-state index in [1.807, 2.05) is 24.3 Å². The highest BCUT2D eigenvalue weighted by Crippen LogP contribution is 2.25. The Kier molecular flexibility index (Phi) is 3.22. The monoisotopic (exact) mass is 216 g/mol. The molecule has 0 heterocycles. The van der Waals surface area contributed by atoms with Gasteiger partial charge in [-0.2, -0.15) is 0 Å². The van der Waals surface area contributed by atoms with E-state index in [0.29, 0.717) is 6.61 Å². The Morgan fingerprint density at radius 2 is 2.00 bits per heavy atom. The Morgan fingerprint density at radius 1 is 1.25 bits per heavy atom. The minimum atomic E-state index is -0.444. The molecule has 0 radical (unpaired) electrons. The van der Waals surface area contributed by atoms with Gasteiger partial charge in [0.25, 0.3) is 0 Å². The molecular formula is C14H16O2. The van der Waals surface area contributed by atoms with Crippen molar-refractivity contribution < 1.29 is 9.84 Å². The summed E-state index contributed by atoms with van der Waals surface area (Å²) in [7, 11) is 1.68. The zero-order valence-corrected chi connectivity index (χ0v) is 9.60. The van der Waals surface area contributed by atoms with Gasteiger partial charge < -0.3 is 9.84 Å². The molecule has 0 spiro atoms. The standard InChI is InChI=1S/C14H16O2/c1-10(15)12-7-11-5-3-4-6-14(11)13(8-12)9-16-2/h3-8,10,15H,9H2,1-2H3. The van der Waals surface area contributed by atoms with Crippen molar-refractivity contribution in [2.24, 2.45) is 0 Å². The Hall–Kier alpha value is -1.38. The van der Waals surface area contributed by atoms with Gasteiger partial charge in [0.15, 0.2) is 0 Å². The lowest BCUT2D eigenvalue weighted by molar-refractivity contribution is 0.184. The van der Waals surface area contributed by atoms with E-state index < -0.39 is 6.10 Å². The minimum Gasteiger partial charge on any atom is -0.389 e. The Morgan fingerprint density at radius 3 is 2.69 bits per heavy atom. The molecule has 1 atom stereocenters. The van der Waals surface area contributed by atoms with Gasteiger partial charge in [-0.3, -0.25) is 0 Å². The molecule has 0 bridgehead atoms. The third-order valence-corrected chi connectivity index (χ3v) is 2.75. The molecular weight excluding hydrogens is 200 g/mol. The quantitative estimate of drug-likeness (QED) is 0.854. The average Bonchev–Trinajstić information content (AvgIpc) is 2.29. The van der Waals surface area contributed by atoms with Crippen molar-refractivity contribution in [2.75, 3.05) is 7.11 Å². The lowest BCUT2D eigenvalue weighted by Gasteiger charge is -2.11. The molecule has 0 fully saturated rings. The molecule has 0 aliphatic rings. The minimum absolute atomic E-state index is 0.444. The lowest BCUT2D eigenvalue weighted by atomic mass is 9.99. The van der Waals surface area contributed by atoms with E-state index in [-0.39, 0.29) is 0 Å². The molecule has 84 valence electrons. The predicted octanol–water partition coefficient (Wildman–Crippen LogP) is 3.04. The molecule has 0 saturated carbocycles. The first-order valence-corrected chi connectivity index (χ1v) is 5.41. The van der Waals surface area contributed by atoms with Crippen molar-refractivity contribution in [1.82, 2.24) is 0 Å². The van der Waals surface area contributed by atoms with Gasteiger partial charge in [-0.05, 0) is 34.9 Å². The summed E-state index contributed by atoms with van der Waals surface area (Å²) in [6, 6.07) is 12.2. The van der Waals surface area contributed by atoms with Gasteiger partial charge >= 0.3 is 0 Å². The highest BCUT2D eigenvalue weighted by molar-refractivity contribution is 5.86. The van der Waals surface area contributed by atoms with E-state index in [1.54, 1.807) is 14.0 Å². The van der Waals surface area contributed by atoms with Crippen LogP contribution in [0.5, 0.6) is 0 Å². The summed E-state index contributed by atoms with van der Waals surface area (Å²) in [5.74, 6) is 0. The topological polar surface area (TPSA) is 29.5 Å². The molecule has 16 heavy (non-hydrogen) atoms. The molecule has 0 aliphatic heterocycles. The fraction of sp³-hybridized carbons (Fsp3) is 0.286. The van der Waals surface area contributed by atoms with E-state index >= 15 is 0 Å². The summed E-state index contributed by atoms with van der Waals surface area (Å²) in [5.41, 5.74) is 2.06. The number of fused-ring (bicyclic) bond motifs is 1. The lowest BCUT2D eigenvalue weighted by Crippen LogP contribution is -1.96. The number of aliphatic hydroxyl groups is 1. The first-order chi connectivity index (χ1) is 7.72. The highest BCUT2D eigenvalue weighted by atomic mass is 16.5. The summed E-state index contributed by atoms with van der Waals surface area (Å²) in [6.45, 7) is 2.35. The summed E-state index contributed by atoms with van der Waals surface area (Å²) < 4.78 is 5.19. The average molecular weight is 216 g/mol. The van der Waals surface area contributed by atoms with Crippen LogP contribution in [0.1, 0.15) is 24.2 Å². The van der Waals surface area contributed by atoms with E-state index in [9.17, 15) is 5.11 Å². The number of aliphatic hydroxyl groups excluding tert-OH is 1. The van der Waals surface area contributed by atoms with Gasteiger partial charge in [-0.25, -0.2) is 0 Å². The van der Waals surface area contributed by atoms with Gasteiger partial charge in [0.05, 0.1) is 12.7 Å². The van der Waals surface area contributed by atoms with Gasteiger partial charge in [-0.15, -0.1) is 0 Å². The van der Waals surface area contributed by atoms with Gasteiger partial charge in [0, 0.05) is 7.11 Å². The normalized spacial score (nSPS) is 12.9. The third-order valence-electron chi connectivity index (χ3n) is 2.75. The first-order valence-electron chi connectivity index (χ1n) is 5.41. The second kappa shape index (κ2) is 4.64. The zero-order valence-electron chi connectivity index (χ0n) is 9.60. The number of ether oxygens (including phenoxy) is 1. The smallest absolute Gasteiger partial charge is 0.0762 e. The van der Waals surface area contributed by atoms with Crippen molar-refractivity contribution in [1.29, 1.82) is 0 Å². The van der Waals surface area contributed by atoms with Crippen LogP contribution >= 0.6 is 0 Å². The second-order valence-corrected chi connectivity index (χ2v) is 4.01. The Labute approximate surface area is 95.5 Å². The maximum absolute atomic E-state index is 9.64. The van der Waals surface area contributed by atoms with Crippen LogP contribution in [0.15, 0.2) is 36.4 Å². The van der Waals surface area contributed by atoms with Crippen LogP contribution in [0.25, 0.3) is 10.8 Å². The number of rotatable bonds is 3. The third kappa shape index (κ3) is 2.08. The molecule has 0 amide bonds. The van der Waals surface area contributed by atoms with E-state index in [4.69, 9.17) is 4.74 Å². The van der Waals surface area contributed by atoms with Crippen molar-refractivity contribution in [3.63, 3.8) is 0 Å². The molecule has 0 aromatic heterocycles. The number of methoxy groups -OCH3 is 1. The highest BCUT2D eigenvalue weighted by Gasteiger charge is 2.07. The van der Waals surface area contributed by atoms with Crippen molar-refractivity contribution in [3.05, 3.63) is 47.5 Å². The molecule has 1 N–H and O–H groups in total. The summed E-state index contributed by atoms with van der Waals surface area (Å²) in [5, 5.41) is 12.0. The molecule has 2 rings (SSSR count). The van der Waals surface area contributed by atoms with Gasteiger partial charge in [0.2, 0.25) is 0 Å². The van der Waals surface area contributed by atoms with Crippen molar-refractivity contribution >= 4 is 10.8 Å². The second-order valence-electron chi connectivity index (χ2n) is 4.01. The maximum atomic E-state index is 9.64. The fourth-order valence-electron chi connectivity index (χ4n) is 1.93. The summed E-state index contributed by atoms with van der Waals surface area (Å²) >= 11 is 0. The van der Waals surface area contributed by atoms with Crippen LogP contribution in [-0.4, -0.2) is 12.2 Å². The first kappa shape index (κ1) is 11.1. The number of hydrogen-bond donors (Lipinski definition) is 1. The summed E-state index contributed by atoms with van der Waals surface area (Å²) in [4.78, 5) is 0. The SMILES string of the molecule is COCc1cc(C(C)O)cc2ccccc12. The Bertz CT molecular complexity index is 489. The van der Waals surface area contributed by atoms with Crippen molar-refractivity contribution in [2.45, 2.75) is 19.6 Å². The van der Waals surface area contributed by atoms with Gasteiger partial charge in [-0.1, -0.05) is 30.3 Å². The zero-order chi connectivity index (χ0) is 11.5. The van der Waals surface area contributed by atoms with Crippen LogP contribution in [0, 0.1) is 0 Å². The predicted molar refractivity (Wildman–Crippen MR) is 65.3 cm³/mol. The number of benzene rings is 2. The van der Waals surface area contributed by atoms with E-state index in [0.717, 1.165) is 16.5 Å². The maximum Gasteiger partial charge on any atom is 0.0762 e. The largest absolute Gasteiger partial charge is 0.389 e. The molecule has 1 unspecified atom stereocenters. The fourth-order valence-corrected chi connectivity index (χ4v) is 1.93. The van der Waals surface area contributed by atoms with Crippen LogP contribution in [0.3, 0.4) is 0 Å². The molecule has 2 aromatic carbocycles. The molecule has 2 heteroatoms. The molecule has 2 nitrogen and oxygen atoms in total. The molecule has 0 aliphatic carbocycles. The summed E-state index contributed by atoms with van der Waals surface area (Å²) in [6.07, 6.45) is -0.444. The van der Waals surface area contributed by atoms with E-state index in [1.165, 1.54) is 5.39 Å². The molecule has 0 saturated heterocycles. The number of hydrogen-bond acceptors (Lipinski definition) is 2. The van der Waals surface area contributed by atoms with E-state index in [2.05, 4.69) is 12.1 Å². The van der Waals surface area contributed by atoms with Gasteiger partial charge in [0.1, 0.15) is 0 Å². The van der Waals surface area contributed by atoms with Crippen LogP contribution in [0.2, 0.25) is 0 Å².